The Morgan fingerprint density at radius 2 is 1.72 bits per heavy atom. The van der Waals surface area contributed by atoms with Crippen molar-refractivity contribution in [1.29, 1.82) is 5.26 Å². The Hall–Kier alpha value is -1.59. The molecule has 1 aliphatic carbocycles. The largest absolute Gasteiger partial charge is 0.197 e. The van der Waals surface area contributed by atoms with Gasteiger partial charge in [0.25, 0.3) is 0 Å². The summed E-state index contributed by atoms with van der Waals surface area (Å²) < 4.78 is 1.04. The Balaban J connectivity index is 2.24. The number of hydrogen-bond acceptors (Lipinski definition) is 1. The van der Waals surface area contributed by atoms with Crippen LogP contribution in [0, 0.1) is 11.3 Å². The summed E-state index contributed by atoms with van der Waals surface area (Å²) in [5.41, 5.74) is 4.91. The lowest BCUT2D eigenvalue weighted by Gasteiger charge is -2.13. The first-order valence-corrected chi connectivity index (χ1v) is 6.84. The van der Waals surface area contributed by atoms with Crippen molar-refractivity contribution < 1.29 is 0 Å². The molecule has 1 nitrogen and oxygen atoms in total. The molecule has 2 aromatic carbocycles. The highest BCUT2D eigenvalue weighted by molar-refractivity contribution is 9.10. The normalized spacial score (nSPS) is 17.2. The third kappa shape index (κ3) is 1.85. The highest BCUT2D eigenvalue weighted by Gasteiger charge is 2.23. The van der Waals surface area contributed by atoms with Gasteiger partial charge < -0.3 is 0 Å². The van der Waals surface area contributed by atoms with E-state index in [1.165, 1.54) is 11.1 Å². The van der Waals surface area contributed by atoms with Crippen molar-refractivity contribution in [3.63, 3.8) is 0 Å². The number of hydrogen-bond donors (Lipinski definition) is 0. The zero-order valence-corrected chi connectivity index (χ0v) is 11.4. The van der Waals surface area contributed by atoms with Crippen LogP contribution >= 0.6 is 15.9 Å². The fraction of sp³-hybridized carbons (Fsp3) is 0.188. The van der Waals surface area contributed by atoms with Gasteiger partial charge in [0, 0.05) is 4.47 Å². The maximum Gasteiger partial charge on any atom is 0.0968 e. The highest BCUT2D eigenvalue weighted by atomic mass is 79.9. The van der Waals surface area contributed by atoms with Crippen molar-refractivity contribution in [3.8, 4) is 6.07 Å². The highest BCUT2D eigenvalue weighted by Crippen LogP contribution is 2.35. The molecule has 0 fully saturated rings. The first-order chi connectivity index (χ1) is 8.79. The van der Waals surface area contributed by atoms with Gasteiger partial charge in [-0.05, 0) is 47.2 Å². The first kappa shape index (κ1) is 11.5. The second-order valence-corrected chi connectivity index (χ2v) is 5.52. The second kappa shape index (κ2) is 4.59. The Morgan fingerprint density at radius 1 is 1.00 bits per heavy atom. The van der Waals surface area contributed by atoms with E-state index >= 15 is 0 Å². The van der Waals surface area contributed by atoms with Gasteiger partial charge in [0.05, 0.1) is 12.0 Å². The predicted octanol–water partition coefficient (Wildman–Crippen LogP) is 4.20. The monoisotopic (exact) mass is 297 g/mol. The van der Waals surface area contributed by atoms with Crippen molar-refractivity contribution in [2.75, 3.05) is 0 Å². The third-order valence-corrected chi connectivity index (χ3v) is 4.07. The fourth-order valence-corrected chi connectivity index (χ4v) is 3.06. The van der Waals surface area contributed by atoms with Crippen LogP contribution < -0.4 is 0 Å². The van der Waals surface area contributed by atoms with E-state index in [2.05, 4.69) is 58.4 Å². The summed E-state index contributed by atoms with van der Waals surface area (Å²) in [7, 11) is 0. The summed E-state index contributed by atoms with van der Waals surface area (Å²) in [6, 6.07) is 17.0. The van der Waals surface area contributed by atoms with E-state index < -0.39 is 0 Å². The standard InChI is InChI=1S/C16H12BrN/c17-13-8-7-12-6-5-11-3-1-2-4-14(11)16(10-18)15(12)9-13/h1-4,7-9,16H,5-6H2/t16-/m0/s1. The maximum absolute atomic E-state index is 9.54. The number of benzene rings is 2. The molecule has 3 rings (SSSR count). The lowest BCUT2D eigenvalue weighted by atomic mass is 9.89. The van der Waals surface area contributed by atoms with Crippen LogP contribution in [0.15, 0.2) is 46.9 Å². The molecule has 88 valence electrons. The summed E-state index contributed by atoms with van der Waals surface area (Å²) >= 11 is 3.50. The van der Waals surface area contributed by atoms with Crippen LogP contribution in [0.2, 0.25) is 0 Å². The van der Waals surface area contributed by atoms with Gasteiger partial charge in [0.1, 0.15) is 0 Å². The maximum atomic E-state index is 9.54. The number of fused-ring (bicyclic) bond motifs is 2. The molecule has 1 atom stereocenters. The lowest BCUT2D eigenvalue weighted by Crippen LogP contribution is -2.01. The molecule has 0 amide bonds. The molecule has 18 heavy (non-hydrogen) atoms. The minimum atomic E-state index is -0.142. The van der Waals surface area contributed by atoms with Crippen LogP contribution in [0.5, 0.6) is 0 Å². The van der Waals surface area contributed by atoms with Gasteiger partial charge in [-0.25, -0.2) is 0 Å². The zero-order valence-electron chi connectivity index (χ0n) is 9.86. The van der Waals surface area contributed by atoms with Gasteiger partial charge in [0.15, 0.2) is 0 Å². The molecule has 1 aliphatic rings. The van der Waals surface area contributed by atoms with E-state index in [0.717, 1.165) is 28.4 Å². The van der Waals surface area contributed by atoms with E-state index in [0.29, 0.717) is 0 Å². The molecule has 0 aliphatic heterocycles. The first-order valence-electron chi connectivity index (χ1n) is 6.05. The van der Waals surface area contributed by atoms with Gasteiger partial charge in [-0.15, -0.1) is 0 Å². The summed E-state index contributed by atoms with van der Waals surface area (Å²) in [4.78, 5) is 0. The molecule has 2 heteroatoms. The molecule has 0 saturated heterocycles. The van der Waals surface area contributed by atoms with Crippen molar-refractivity contribution in [1.82, 2.24) is 0 Å². The molecular formula is C16H12BrN. The molecule has 0 bridgehead atoms. The molecule has 0 spiro atoms. The van der Waals surface area contributed by atoms with E-state index in [-0.39, 0.29) is 5.92 Å². The molecular weight excluding hydrogens is 286 g/mol. The Bertz CT molecular complexity index is 640. The minimum Gasteiger partial charge on any atom is -0.197 e. The van der Waals surface area contributed by atoms with Crippen LogP contribution in [0.25, 0.3) is 0 Å². The van der Waals surface area contributed by atoms with E-state index in [1.807, 2.05) is 6.07 Å². The molecule has 0 radical (unpaired) electrons. The van der Waals surface area contributed by atoms with Crippen LogP contribution in [-0.2, 0) is 12.8 Å². The van der Waals surface area contributed by atoms with E-state index in [4.69, 9.17) is 0 Å². The predicted molar refractivity (Wildman–Crippen MR) is 75.4 cm³/mol. The lowest BCUT2D eigenvalue weighted by molar-refractivity contribution is 0.965. The average Bonchev–Trinajstić information content (AvgIpc) is 2.54. The van der Waals surface area contributed by atoms with Crippen molar-refractivity contribution in [3.05, 3.63) is 69.2 Å². The quantitative estimate of drug-likeness (QED) is 0.715. The molecule has 2 aromatic rings. The molecule has 0 saturated carbocycles. The van der Waals surface area contributed by atoms with Crippen molar-refractivity contribution in [2.24, 2.45) is 0 Å². The molecule has 0 heterocycles. The van der Waals surface area contributed by atoms with Crippen molar-refractivity contribution in [2.45, 2.75) is 18.8 Å². The fourth-order valence-electron chi connectivity index (χ4n) is 2.68. The summed E-state index contributed by atoms with van der Waals surface area (Å²) in [5.74, 6) is -0.142. The van der Waals surface area contributed by atoms with E-state index in [9.17, 15) is 5.26 Å². The number of aryl methyl sites for hydroxylation is 2. The average molecular weight is 298 g/mol. The van der Waals surface area contributed by atoms with Gasteiger partial charge in [-0.2, -0.15) is 5.26 Å². The van der Waals surface area contributed by atoms with Crippen LogP contribution in [-0.4, -0.2) is 0 Å². The van der Waals surface area contributed by atoms with Gasteiger partial charge >= 0.3 is 0 Å². The summed E-state index contributed by atoms with van der Waals surface area (Å²) in [6.45, 7) is 0. The number of halogens is 1. The Labute approximate surface area is 115 Å². The zero-order chi connectivity index (χ0) is 12.5. The number of nitrogens with zero attached hydrogens (tertiary/aromatic N) is 1. The second-order valence-electron chi connectivity index (χ2n) is 4.60. The summed E-state index contributed by atoms with van der Waals surface area (Å²) in [5, 5.41) is 9.54. The Kier molecular flexibility index (Phi) is 2.93. The van der Waals surface area contributed by atoms with Gasteiger partial charge in [-0.1, -0.05) is 46.3 Å². The van der Waals surface area contributed by atoms with Crippen LogP contribution in [0.1, 0.15) is 28.2 Å². The van der Waals surface area contributed by atoms with Crippen molar-refractivity contribution >= 4 is 15.9 Å². The molecule has 0 N–H and O–H groups in total. The van der Waals surface area contributed by atoms with Gasteiger partial charge in [-0.3, -0.25) is 0 Å². The Morgan fingerprint density at radius 3 is 2.50 bits per heavy atom. The third-order valence-electron chi connectivity index (χ3n) is 3.58. The minimum absolute atomic E-state index is 0.142. The van der Waals surface area contributed by atoms with E-state index in [1.54, 1.807) is 0 Å². The summed E-state index contributed by atoms with van der Waals surface area (Å²) in [6.07, 6.45) is 2.03. The topological polar surface area (TPSA) is 23.8 Å². The SMILES string of the molecule is N#C[C@H]1c2ccccc2CCc2ccc(Br)cc21. The molecule has 0 aromatic heterocycles. The smallest absolute Gasteiger partial charge is 0.0968 e. The number of rotatable bonds is 0. The van der Waals surface area contributed by atoms with Crippen LogP contribution in [0.4, 0.5) is 0 Å². The molecule has 0 unspecified atom stereocenters. The number of nitriles is 1. The van der Waals surface area contributed by atoms with Gasteiger partial charge in [0.2, 0.25) is 0 Å². The van der Waals surface area contributed by atoms with Crippen LogP contribution in [0.3, 0.4) is 0 Å².